The number of aromatic nitrogens is 3. The lowest BCUT2D eigenvalue weighted by atomic mass is 10.1. The molecule has 0 aliphatic carbocycles. The van der Waals surface area contributed by atoms with E-state index in [1.54, 1.807) is 23.3 Å². The van der Waals surface area contributed by atoms with Crippen LogP contribution in [-0.2, 0) is 11.2 Å². The average molecular weight is 280 g/mol. The van der Waals surface area contributed by atoms with Crippen LogP contribution in [0.2, 0.25) is 0 Å². The van der Waals surface area contributed by atoms with Crippen molar-refractivity contribution in [1.82, 2.24) is 14.3 Å². The maximum absolute atomic E-state index is 11.8. The zero-order chi connectivity index (χ0) is 14.8. The number of aliphatic imine (C=N–C) groups is 1. The van der Waals surface area contributed by atoms with E-state index in [0.29, 0.717) is 0 Å². The van der Waals surface area contributed by atoms with Gasteiger partial charge in [-0.1, -0.05) is 6.07 Å². The van der Waals surface area contributed by atoms with Gasteiger partial charge >= 0.3 is 0 Å². The molecule has 0 saturated carbocycles. The minimum atomic E-state index is -0.265. The first-order chi connectivity index (χ1) is 10.2. The van der Waals surface area contributed by atoms with Crippen molar-refractivity contribution in [3.8, 4) is 0 Å². The predicted octanol–water partition coefficient (Wildman–Crippen LogP) is 1.28. The summed E-state index contributed by atoms with van der Waals surface area (Å²) in [6, 6.07) is 7.50. The van der Waals surface area contributed by atoms with E-state index >= 15 is 0 Å². The Kier molecular flexibility index (Phi) is 3.19. The van der Waals surface area contributed by atoms with Crippen LogP contribution in [0.4, 0.5) is 0 Å². The van der Waals surface area contributed by atoms with Crippen LogP contribution < -0.4 is 5.56 Å². The molecule has 0 spiro atoms. The number of nitrogens with zero attached hydrogens (tertiary/aromatic N) is 4. The van der Waals surface area contributed by atoms with Gasteiger partial charge in [-0.15, -0.1) is 0 Å². The molecular weight excluding hydrogens is 268 g/mol. The highest BCUT2D eigenvalue weighted by atomic mass is 16.1. The monoisotopic (exact) mass is 280 g/mol. The highest BCUT2D eigenvalue weighted by molar-refractivity contribution is 5.85. The molecule has 3 rings (SSSR count). The summed E-state index contributed by atoms with van der Waals surface area (Å²) in [5, 5.41) is 0.938. The van der Waals surface area contributed by atoms with Crippen molar-refractivity contribution in [3.05, 3.63) is 65.0 Å². The molecule has 0 fully saturated rings. The molecule has 0 radical (unpaired) electrons. The van der Waals surface area contributed by atoms with Gasteiger partial charge in [0, 0.05) is 24.0 Å². The van der Waals surface area contributed by atoms with Crippen molar-refractivity contribution in [2.24, 2.45) is 4.99 Å². The van der Waals surface area contributed by atoms with E-state index in [1.807, 2.05) is 24.3 Å². The van der Waals surface area contributed by atoms with Gasteiger partial charge in [-0.3, -0.25) is 19.2 Å². The second-order valence-corrected chi connectivity index (χ2v) is 4.54. The summed E-state index contributed by atoms with van der Waals surface area (Å²) in [6.45, 7) is 3.22. The number of rotatable bonds is 3. The Bertz CT molecular complexity index is 892. The van der Waals surface area contributed by atoms with Crippen LogP contribution in [0.15, 0.2) is 58.8 Å². The Labute approximate surface area is 120 Å². The largest absolute Gasteiger partial charge is 0.288 e. The van der Waals surface area contributed by atoms with E-state index in [9.17, 15) is 9.59 Å². The molecule has 6 heteroatoms. The minimum absolute atomic E-state index is 0.217. The highest BCUT2D eigenvalue weighted by Crippen LogP contribution is 2.18. The van der Waals surface area contributed by atoms with Gasteiger partial charge in [-0.05, 0) is 30.5 Å². The second kappa shape index (κ2) is 5.16. The Morgan fingerprint density at radius 3 is 2.86 bits per heavy atom. The van der Waals surface area contributed by atoms with Gasteiger partial charge in [-0.25, -0.2) is 9.67 Å². The van der Waals surface area contributed by atoms with Crippen molar-refractivity contribution >= 4 is 23.5 Å². The van der Waals surface area contributed by atoms with Gasteiger partial charge in [0.1, 0.15) is 0 Å². The molecule has 2 aromatic heterocycles. The molecule has 0 bridgehead atoms. The quantitative estimate of drug-likeness (QED) is 0.679. The lowest BCUT2D eigenvalue weighted by Gasteiger charge is -2.08. The standard InChI is InChI=1S/C15H12N4O2/c1-16-14(20)9-11-2-3-13-12(8-11)4-6-18(13)19-7-5-17-10-15(19)21/h2-8,10H,1,9H2. The maximum Gasteiger partial charge on any atom is 0.288 e. The first-order valence-corrected chi connectivity index (χ1v) is 6.32. The van der Waals surface area contributed by atoms with Crippen LogP contribution in [-0.4, -0.2) is 27.0 Å². The SMILES string of the molecule is C=NC(=O)Cc1ccc2c(ccn2-n2ccncc2=O)c1. The van der Waals surface area contributed by atoms with Crippen molar-refractivity contribution in [2.75, 3.05) is 0 Å². The van der Waals surface area contributed by atoms with E-state index in [1.165, 1.54) is 10.9 Å². The maximum atomic E-state index is 11.8. The van der Waals surface area contributed by atoms with E-state index in [-0.39, 0.29) is 17.9 Å². The van der Waals surface area contributed by atoms with Crippen LogP contribution in [0, 0.1) is 0 Å². The van der Waals surface area contributed by atoms with Gasteiger partial charge in [-0.2, -0.15) is 0 Å². The topological polar surface area (TPSA) is 69.2 Å². The van der Waals surface area contributed by atoms with Crippen molar-refractivity contribution in [2.45, 2.75) is 6.42 Å². The summed E-state index contributed by atoms with van der Waals surface area (Å²) in [5.74, 6) is -0.265. The zero-order valence-electron chi connectivity index (χ0n) is 11.1. The summed E-state index contributed by atoms with van der Waals surface area (Å²) < 4.78 is 3.20. The number of hydrogen-bond donors (Lipinski definition) is 0. The fourth-order valence-electron chi connectivity index (χ4n) is 2.22. The Morgan fingerprint density at radius 2 is 2.10 bits per heavy atom. The van der Waals surface area contributed by atoms with E-state index < -0.39 is 0 Å². The molecule has 1 aromatic carbocycles. The van der Waals surface area contributed by atoms with Gasteiger partial charge in [0.05, 0.1) is 18.1 Å². The van der Waals surface area contributed by atoms with Crippen LogP contribution in [0.1, 0.15) is 5.56 Å². The smallest absolute Gasteiger partial charge is 0.272 e. The summed E-state index contributed by atoms with van der Waals surface area (Å²) in [5.41, 5.74) is 1.51. The van der Waals surface area contributed by atoms with E-state index in [4.69, 9.17) is 0 Å². The molecule has 0 N–H and O–H groups in total. The first kappa shape index (κ1) is 13.0. The number of amides is 1. The van der Waals surface area contributed by atoms with Gasteiger partial charge in [0.25, 0.3) is 5.56 Å². The number of carbonyl (C=O) groups excluding carboxylic acids is 1. The minimum Gasteiger partial charge on any atom is -0.272 e. The number of carbonyl (C=O) groups is 1. The number of fused-ring (bicyclic) bond motifs is 1. The third-order valence-electron chi connectivity index (χ3n) is 3.20. The second-order valence-electron chi connectivity index (χ2n) is 4.54. The lowest BCUT2D eigenvalue weighted by Crippen LogP contribution is -2.24. The van der Waals surface area contributed by atoms with Crippen LogP contribution in [0.3, 0.4) is 0 Å². The van der Waals surface area contributed by atoms with Gasteiger partial charge in [0.15, 0.2) is 0 Å². The molecule has 0 saturated heterocycles. The van der Waals surface area contributed by atoms with Crippen LogP contribution >= 0.6 is 0 Å². The summed E-state index contributed by atoms with van der Waals surface area (Å²) >= 11 is 0. The summed E-state index contributed by atoms with van der Waals surface area (Å²) in [6.07, 6.45) is 6.43. The molecule has 0 aliphatic rings. The van der Waals surface area contributed by atoms with Crippen molar-refractivity contribution < 1.29 is 4.79 Å². The molecule has 6 nitrogen and oxygen atoms in total. The molecule has 0 unspecified atom stereocenters. The van der Waals surface area contributed by atoms with E-state index in [0.717, 1.165) is 16.5 Å². The molecular formula is C15H12N4O2. The van der Waals surface area contributed by atoms with Crippen molar-refractivity contribution in [3.63, 3.8) is 0 Å². The van der Waals surface area contributed by atoms with Crippen molar-refractivity contribution in [1.29, 1.82) is 0 Å². The molecule has 104 valence electrons. The molecule has 0 atom stereocenters. The highest BCUT2D eigenvalue weighted by Gasteiger charge is 2.06. The first-order valence-electron chi connectivity index (χ1n) is 6.32. The molecule has 21 heavy (non-hydrogen) atoms. The Morgan fingerprint density at radius 1 is 1.24 bits per heavy atom. The number of hydrogen-bond acceptors (Lipinski definition) is 3. The third kappa shape index (κ3) is 2.38. The fraction of sp³-hybridized carbons (Fsp3) is 0.0667. The normalized spacial score (nSPS) is 10.7. The van der Waals surface area contributed by atoms with Gasteiger partial charge in [0.2, 0.25) is 5.91 Å². The lowest BCUT2D eigenvalue weighted by molar-refractivity contribution is -0.117. The predicted molar refractivity (Wildman–Crippen MR) is 79.5 cm³/mol. The zero-order valence-corrected chi connectivity index (χ0v) is 11.1. The average Bonchev–Trinajstić information content (AvgIpc) is 2.90. The summed E-state index contributed by atoms with van der Waals surface area (Å²) in [4.78, 5) is 30.3. The van der Waals surface area contributed by atoms with Crippen LogP contribution in [0.25, 0.3) is 10.9 Å². The van der Waals surface area contributed by atoms with Crippen LogP contribution in [0.5, 0.6) is 0 Å². The summed E-state index contributed by atoms with van der Waals surface area (Å²) in [7, 11) is 0. The number of benzene rings is 1. The Hall–Kier alpha value is -3.02. The third-order valence-corrected chi connectivity index (χ3v) is 3.20. The van der Waals surface area contributed by atoms with Gasteiger partial charge < -0.3 is 0 Å². The molecule has 0 aliphatic heterocycles. The fourth-order valence-corrected chi connectivity index (χ4v) is 2.22. The molecule has 2 heterocycles. The Balaban J connectivity index is 2.08. The molecule has 3 aromatic rings. The molecule has 1 amide bonds. The van der Waals surface area contributed by atoms with E-state index in [2.05, 4.69) is 16.7 Å².